The highest BCUT2D eigenvalue weighted by Crippen LogP contribution is 2.25. The molecule has 4 aromatic rings. The fraction of sp³-hybridized carbons (Fsp3) is 0.222. The van der Waals surface area contributed by atoms with Gasteiger partial charge >= 0.3 is 0 Å². The second-order valence-corrected chi connectivity index (χ2v) is 5.75. The molecular weight excluding hydrogens is 316 g/mol. The standard InChI is InChI=1S/C18H18N6O/c1-25-9-8-23-13-19-10-14(23)11-24-12-18(21-22-24)16-6-7-20-17-5-3-2-4-15(16)17/h2-7,10,12-13H,8-9,11H2,1H3. The Hall–Kier alpha value is -3.06. The van der Waals surface area contributed by atoms with Crippen LogP contribution in [0.4, 0.5) is 0 Å². The van der Waals surface area contributed by atoms with E-state index in [9.17, 15) is 0 Å². The third kappa shape index (κ3) is 3.14. The summed E-state index contributed by atoms with van der Waals surface area (Å²) in [5.41, 5.74) is 3.88. The molecule has 3 aromatic heterocycles. The summed E-state index contributed by atoms with van der Waals surface area (Å²) in [4.78, 5) is 8.61. The molecule has 126 valence electrons. The van der Waals surface area contributed by atoms with E-state index in [0.717, 1.165) is 34.4 Å². The minimum atomic E-state index is 0.611. The van der Waals surface area contributed by atoms with Crippen molar-refractivity contribution in [3.63, 3.8) is 0 Å². The van der Waals surface area contributed by atoms with Gasteiger partial charge in [-0.05, 0) is 12.1 Å². The summed E-state index contributed by atoms with van der Waals surface area (Å²) in [5, 5.41) is 9.68. The van der Waals surface area contributed by atoms with Gasteiger partial charge in [-0.15, -0.1) is 5.10 Å². The SMILES string of the molecule is COCCn1cncc1Cn1cc(-c2ccnc3ccccc23)nn1. The van der Waals surface area contributed by atoms with E-state index in [-0.39, 0.29) is 0 Å². The number of para-hydroxylation sites is 1. The molecule has 0 radical (unpaired) electrons. The zero-order valence-corrected chi connectivity index (χ0v) is 13.9. The molecule has 0 saturated heterocycles. The first kappa shape index (κ1) is 15.5. The summed E-state index contributed by atoms with van der Waals surface area (Å²) >= 11 is 0. The lowest BCUT2D eigenvalue weighted by molar-refractivity contribution is 0.186. The Bertz CT molecular complexity index is 985. The normalized spacial score (nSPS) is 11.2. The van der Waals surface area contributed by atoms with Gasteiger partial charge in [-0.1, -0.05) is 23.4 Å². The first-order chi connectivity index (χ1) is 12.3. The van der Waals surface area contributed by atoms with Crippen LogP contribution in [0.1, 0.15) is 5.69 Å². The lowest BCUT2D eigenvalue weighted by atomic mass is 10.1. The highest BCUT2D eigenvalue weighted by Gasteiger charge is 2.10. The van der Waals surface area contributed by atoms with Gasteiger partial charge in [0.15, 0.2) is 0 Å². The third-order valence-electron chi connectivity index (χ3n) is 4.12. The van der Waals surface area contributed by atoms with Gasteiger partial charge in [-0.25, -0.2) is 9.67 Å². The van der Waals surface area contributed by atoms with Crippen molar-refractivity contribution in [2.45, 2.75) is 13.1 Å². The van der Waals surface area contributed by atoms with Crippen molar-refractivity contribution in [1.82, 2.24) is 29.5 Å². The van der Waals surface area contributed by atoms with E-state index in [1.54, 1.807) is 13.3 Å². The van der Waals surface area contributed by atoms with Crippen LogP contribution in [-0.2, 0) is 17.8 Å². The molecule has 4 rings (SSSR count). The monoisotopic (exact) mass is 334 g/mol. The van der Waals surface area contributed by atoms with Gasteiger partial charge in [-0.3, -0.25) is 4.98 Å². The Morgan fingerprint density at radius 1 is 1.16 bits per heavy atom. The Morgan fingerprint density at radius 3 is 3.00 bits per heavy atom. The number of benzene rings is 1. The summed E-state index contributed by atoms with van der Waals surface area (Å²) in [6, 6.07) is 10.0. The molecule has 0 aliphatic carbocycles. The molecule has 0 saturated carbocycles. The van der Waals surface area contributed by atoms with Crippen molar-refractivity contribution in [3.05, 3.63) is 60.9 Å². The molecule has 0 amide bonds. The molecule has 0 unspecified atom stereocenters. The number of nitrogens with zero attached hydrogens (tertiary/aromatic N) is 6. The van der Waals surface area contributed by atoms with Gasteiger partial charge < -0.3 is 9.30 Å². The molecule has 0 atom stereocenters. The maximum atomic E-state index is 5.13. The first-order valence-electron chi connectivity index (χ1n) is 8.07. The highest BCUT2D eigenvalue weighted by molar-refractivity contribution is 5.92. The van der Waals surface area contributed by atoms with Gasteiger partial charge in [0, 0.05) is 30.8 Å². The predicted octanol–water partition coefficient (Wildman–Crippen LogP) is 2.38. The van der Waals surface area contributed by atoms with Crippen molar-refractivity contribution >= 4 is 10.9 Å². The summed E-state index contributed by atoms with van der Waals surface area (Å²) in [6.07, 6.45) is 7.41. The smallest absolute Gasteiger partial charge is 0.113 e. The largest absolute Gasteiger partial charge is 0.383 e. The van der Waals surface area contributed by atoms with Gasteiger partial charge in [0.25, 0.3) is 0 Å². The van der Waals surface area contributed by atoms with Gasteiger partial charge in [0.2, 0.25) is 0 Å². The molecule has 7 heteroatoms. The zero-order chi connectivity index (χ0) is 17.1. The van der Waals surface area contributed by atoms with Crippen molar-refractivity contribution in [1.29, 1.82) is 0 Å². The molecule has 7 nitrogen and oxygen atoms in total. The topological polar surface area (TPSA) is 70.7 Å². The fourth-order valence-corrected chi connectivity index (χ4v) is 2.86. The van der Waals surface area contributed by atoms with E-state index in [1.807, 2.05) is 47.7 Å². The lowest BCUT2D eigenvalue weighted by Gasteiger charge is -2.07. The van der Waals surface area contributed by atoms with Crippen molar-refractivity contribution in [2.24, 2.45) is 0 Å². The van der Waals surface area contributed by atoms with E-state index in [0.29, 0.717) is 13.2 Å². The Labute approximate surface area is 144 Å². The Kier molecular flexibility index (Phi) is 4.22. The molecule has 0 bridgehead atoms. The van der Waals surface area contributed by atoms with Gasteiger partial charge in [-0.2, -0.15) is 0 Å². The molecule has 0 aliphatic heterocycles. The number of imidazole rings is 1. The Balaban J connectivity index is 1.61. The highest BCUT2D eigenvalue weighted by atomic mass is 16.5. The van der Waals surface area contributed by atoms with Crippen LogP contribution in [-0.4, -0.2) is 43.2 Å². The first-order valence-corrected chi connectivity index (χ1v) is 8.07. The van der Waals surface area contributed by atoms with Crippen LogP contribution in [0.3, 0.4) is 0 Å². The Morgan fingerprint density at radius 2 is 2.08 bits per heavy atom. The van der Waals surface area contributed by atoms with Crippen molar-refractivity contribution in [3.8, 4) is 11.3 Å². The van der Waals surface area contributed by atoms with E-state index in [4.69, 9.17) is 4.74 Å². The number of methoxy groups -OCH3 is 1. The number of rotatable bonds is 6. The van der Waals surface area contributed by atoms with E-state index in [2.05, 4.69) is 30.9 Å². The quantitative estimate of drug-likeness (QED) is 0.541. The van der Waals surface area contributed by atoms with Crippen LogP contribution < -0.4 is 0 Å². The van der Waals surface area contributed by atoms with Gasteiger partial charge in [0.1, 0.15) is 5.69 Å². The van der Waals surface area contributed by atoms with Crippen LogP contribution >= 0.6 is 0 Å². The number of pyridine rings is 1. The van der Waals surface area contributed by atoms with Crippen LogP contribution in [0.25, 0.3) is 22.2 Å². The minimum absolute atomic E-state index is 0.611. The summed E-state index contributed by atoms with van der Waals surface area (Å²) < 4.78 is 9.02. The number of ether oxygens (including phenoxy) is 1. The number of hydrogen-bond acceptors (Lipinski definition) is 5. The van der Waals surface area contributed by atoms with Crippen LogP contribution in [0.15, 0.2) is 55.2 Å². The predicted molar refractivity (Wildman–Crippen MR) is 94.0 cm³/mol. The van der Waals surface area contributed by atoms with E-state index in [1.165, 1.54) is 0 Å². The van der Waals surface area contributed by atoms with E-state index < -0.39 is 0 Å². The fourth-order valence-electron chi connectivity index (χ4n) is 2.86. The zero-order valence-electron chi connectivity index (χ0n) is 13.9. The molecule has 25 heavy (non-hydrogen) atoms. The molecule has 0 fully saturated rings. The van der Waals surface area contributed by atoms with Crippen LogP contribution in [0.5, 0.6) is 0 Å². The van der Waals surface area contributed by atoms with Crippen molar-refractivity contribution in [2.75, 3.05) is 13.7 Å². The number of hydrogen-bond donors (Lipinski definition) is 0. The third-order valence-corrected chi connectivity index (χ3v) is 4.12. The summed E-state index contributed by atoms with van der Waals surface area (Å²) in [6.45, 7) is 2.02. The van der Waals surface area contributed by atoms with E-state index >= 15 is 0 Å². The second-order valence-electron chi connectivity index (χ2n) is 5.75. The summed E-state index contributed by atoms with van der Waals surface area (Å²) in [5.74, 6) is 0. The number of aromatic nitrogens is 6. The molecule has 3 heterocycles. The number of fused-ring (bicyclic) bond motifs is 1. The van der Waals surface area contributed by atoms with Crippen molar-refractivity contribution < 1.29 is 4.74 Å². The van der Waals surface area contributed by atoms with Crippen LogP contribution in [0, 0.1) is 0 Å². The van der Waals surface area contributed by atoms with Crippen LogP contribution in [0.2, 0.25) is 0 Å². The second kappa shape index (κ2) is 6.82. The molecule has 0 aliphatic rings. The maximum absolute atomic E-state index is 5.13. The average molecular weight is 334 g/mol. The summed E-state index contributed by atoms with van der Waals surface area (Å²) in [7, 11) is 1.69. The lowest BCUT2D eigenvalue weighted by Crippen LogP contribution is -2.10. The molecule has 0 spiro atoms. The molecular formula is C18H18N6O. The molecule has 0 N–H and O–H groups in total. The van der Waals surface area contributed by atoms with Gasteiger partial charge in [0.05, 0.1) is 43.1 Å². The average Bonchev–Trinajstić information content (AvgIpc) is 3.29. The minimum Gasteiger partial charge on any atom is -0.383 e. The molecule has 1 aromatic carbocycles. The maximum Gasteiger partial charge on any atom is 0.113 e.